The molecule has 3 rings (SSSR count). The van der Waals surface area contributed by atoms with Gasteiger partial charge in [0.2, 0.25) is 0 Å². The van der Waals surface area contributed by atoms with E-state index < -0.39 is 35.3 Å². The Morgan fingerprint density at radius 3 is 2.18 bits per heavy atom. The Labute approximate surface area is 338 Å². The fraction of sp³-hybridized carbons (Fsp3) is 0.489. The number of aliphatic hydroxyl groups excluding tert-OH is 1. The molecule has 3 aromatic carbocycles. The number of aryl methyl sites for hydroxylation is 1. The van der Waals surface area contributed by atoms with Gasteiger partial charge in [-0.15, -0.1) is 0 Å². The van der Waals surface area contributed by atoms with Crippen molar-refractivity contribution < 1.29 is 28.5 Å². The number of allylic oxidation sites excluding steroid dienone is 4. The lowest BCUT2D eigenvalue weighted by atomic mass is 9.70. The fourth-order valence-electron chi connectivity index (χ4n) is 7.24. The molecule has 0 aliphatic heterocycles. The molecule has 4 unspecified atom stereocenters. The number of hydrogen-bond acceptors (Lipinski definition) is 5. The van der Waals surface area contributed by atoms with Crippen LogP contribution in [-0.2, 0) is 18.3 Å². The summed E-state index contributed by atoms with van der Waals surface area (Å²) < 4.78 is 35.4. The predicted molar refractivity (Wildman–Crippen MR) is 226 cm³/mol. The molecule has 0 fully saturated rings. The summed E-state index contributed by atoms with van der Waals surface area (Å²) in [5.41, 5.74) is 7.34. The maximum absolute atomic E-state index is 15.6. The number of amides is 1. The number of hydrogen-bond donors (Lipinski definition) is 4. The van der Waals surface area contributed by atoms with E-state index in [1.54, 1.807) is 13.0 Å². The van der Waals surface area contributed by atoms with Crippen LogP contribution in [-0.4, -0.2) is 41.3 Å². The van der Waals surface area contributed by atoms with E-state index in [0.29, 0.717) is 37.0 Å². The molecule has 0 spiro atoms. The summed E-state index contributed by atoms with van der Waals surface area (Å²) in [6, 6.07) is 15.3. The van der Waals surface area contributed by atoms with Gasteiger partial charge in [0.25, 0.3) is 5.91 Å². The zero-order chi connectivity index (χ0) is 41.9. The van der Waals surface area contributed by atoms with Gasteiger partial charge in [-0.1, -0.05) is 118 Å². The molecule has 3 aromatic rings. The van der Waals surface area contributed by atoms with Crippen LogP contribution in [0.5, 0.6) is 5.75 Å². The number of methoxy groups -OCH3 is 1. The van der Waals surface area contributed by atoms with Gasteiger partial charge in [0.15, 0.2) is 17.9 Å². The first-order chi connectivity index (χ1) is 26.3. The number of carbonyl (C=O) groups excluding carboxylic acids is 1. The summed E-state index contributed by atoms with van der Waals surface area (Å²) in [6.07, 6.45) is 4.78. The Bertz CT molecular complexity index is 1850. The molecule has 0 aromatic heterocycles. The summed E-state index contributed by atoms with van der Waals surface area (Å²) in [7, 11) is 1.47. The van der Waals surface area contributed by atoms with Crippen LogP contribution in [0, 0.1) is 41.7 Å². The fourth-order valence-corrected chi connectivity index (χ4v) is 7.54. The third-order valence-electron chi connectivity index (χ3n) is 11.5. The molecule has 0 aliphatic rings. The smallest absolute Gasteiger partial charge is 0.251 e. The van der Waals surface area contributed by atoms with Crippen LogP contribution in [0.25, 0.3) is 0 Å². The number of unbranched alkanes of at least 4 members (excludes halogenated alkanes) is 1. The highest BCUT2D eigenvalue weighted by Gasteiger charge is 2.31. The van der Waals surface area contributed by atoms with Crippen molar-refractivity contribution in [1.82, 2.24) is 5.32 Å². The van der Waals surface area contributed by atoms with E-state index in [-0.39, 0.29) is 34.1 Å². The molecule has 1 amide bonds. The van der Waals surface area contributed by atoms with Crippen molar-refractivity contribution in [3.05, 3.63) is 122 Å². The van der Waals surface area contributed by atoms with Crippen molar-refractivity contribution in [2.24, 2.45) is 17.8 Å². The Kier molecular flexibility index (Phi) is 17.5. The second kappa shape index (κ2) is 21.1. The van der Waals surface area contributed by atoms with Crippen molar-refractivity contribution in [1.29, 1.82) is 5.41 Å². The maximum atomic E-state index is 15.6. The quantitative estimate of drug-likeness (QED) is 0.0396. The van der Waals surface area contributed by atoms with Gasteiger partial charge in [-0.05, 0) is 113 Å². The Hall–Kier alpha value is -3.85. The SMILES string of the molecule is COc1cc(C(C)(C)C(=CC(C)C(C)=C(C)CCc2c(F)cc(C(=O)NC(CCCCC(C)C(C)=N)C(O)O)cc2Cl)C(C)Cc2ccc(C)cc2)ccc1F. The van der Waals surface area contributed by atoms with E-state index in [1.165, 1.54) is 35.9 Å². The number of benzene rings is 3. The van der Waals surface area contributed by atoms with Crippen molar-refractivity contribution >= 4 is 23.2 Å². The number of nitrogens with one attached hydrogen (secondary N) is 2. The number of rotatable bonds is 20. The van der Waals surface area contributed by atoms with E-state index >= 15 is 4.39 Å². The topological polar surface area (TPSA) is 103 Å². The normalized spacial score (nSPS) is 14.9. The van der Waals surface area contributed by atoms with Gasteiger partial charge >= 0.3 is 0 Å². The van der Waals surface area contributed by atoms with Crippen LogP contribution in [0.3, 0.4) is 0 Å². The first kappa shape index (κ1) is 46.5. The van der Waals surface area contributed by atoms with Crippen LogP contribution < -0.4 is 10.1 Å². The largest absolute Gasteiger partial charge is 0.494 e. The molecule has 306 valence electrons. The average Bonchev–Trinajstić information content (AvgIpc) is 3.14. The highest BCUT2D eigenvalue weighted by Crippen LogP contribution is 2.40. The van der Waals surface area contributed by atoms with Gasteiger partial charge < -0.3 is 25.7 Å². The van der Waals surface area contributed by atoms with Crippen LogP contribution in [0.1, 0.15) is 120 Å². The lowest BCUT2D eigenvalue weighted by Crippen LogP contribution is -2.43. The van der Waals surface area contributed by atoms with Crippen molar-refractivity contribution in [2.75, 3.05) is 7.11 Å². The lowest BCUT2D eigenvalue weighted by Gasteiger charge is -2.34. The predicted octanol–water partition coefficient (Wildman–Crippen LogP) is 11.3. The van der Waals surface area contributed by atoms with Crippen molar-refractivity contribution in [3.8, 4) is 5.75 Å². The third-order valence-corrected chi connectivity index (χ3v) is 11.9. The monoisotopic (exact) mass is 792 g/mol. The molecule has 0 saturated carbocycles. The standard InChI is InChI=1S/C47H63ClF2N2O4/c1-28-15-18-35(19-16-28)23-32(5)39(47(8,9)37-20-22-41(49)44(27-37)56-10)24-31(4)33(6)29(2)17-21-38-40(48)25-36(26-42(38)50)45(53)52-43(46(54)55)14-12-11-13-30(3)34(7)51/h15-16,18-20,22,24-27,30-32,43,46,51,54-55H,11-14,17,21,23H2,1-10H3,(H,52,53). The van der Waals surface area contributed by atoms with Gasteiger partial charge in [-0.25, -0.2) is 8.78 Å². The van der Waals surface area contributed by atoms with E-state index in [0.717, 1.165) is 42.0 Å². The number of aliphatic hydroxyl groups is 2. The summed E-state index contributed by atoms with van der Waals surface area (Å²) >= 11 is 6.59. The molecule has 4 N–H and O–H groups in total. The Morgan fingerprint density at radius 2 is 1.59 bits per heavy atom. The lowest BCUT2D eigenvalue weighted by molar-refractivity contribution is -0.0671. The third kappa shape index (κ3) is 12.8. The number of halogens is 3. The van der Waals surface area contributed by atoms with Crippen LogP contribution >= 0.6 is 11.6 Å². The molecule has 0 heterocycles. The first-order valence-electron chi connectivity index (χ1n) is 19.7. The molecule has 56 heavy (non-hydrogen) atoms. The van der Waals surface area contributed by atoms with E-state index in [2.05, 4.69) is 77.2 Å². The van der Waals surface area contributed by atoms with Crippen LogP contribution in [0.2, 0.25) is 5.02 Å². The van der Waals surface area contributed by atoms with E-state index in [9.17, 15) is 19.4 Å². The molecule has 0 radical (unpaired) electrons. The molecule has 0 bridgehead atoms. The van der Waals surface area contributed by atoms with Gasteiger partial charge in [-0.3, -0.25) is 4.79 Å². The Morgan fingerprint density at radius 1 is 0.946 bits per heavy atom. The minimum Gasteiger partial charge on any atom is -0.494 e. The summed E-state index contributed by atoms with van der Waals surface area (Å²) in [5, 5.41) is 30.3. The highest BCUT2D eigenvalue weighted by molar-refractivity contribution is 6.31. The molecular formula is C47H63ClF2N2O4. The van der Waals surface area contributed by atoms with E-state index in [1.807, 2.05) is 19.9 Å². The molecule has 0 saturated heterocycles. The summed E-state index contributed by atoms with van der Waals surface area (Å²) in [4.78, 5) is 13.1. The van der Waals surface area contributed by atoms with Crippen molar-refractivity contribution in [3.63, 3.8) is 0 Å². The van der Waals surface area contributed by atoms with Crippen LogP contribution in [0.4, 0.5) is 8.78 Å². The second-order valence-electron chi connectivity index (χ2n) is 16.2. The second-order valence-corrected chi connectivity index (χ2v) is 16.6. The number of carbonyl (C=O) groups is 1. The molecular weight excluding hydrogens is 730 g/mol. The van der Waals surface area contributed by atoms with Gasteiger partial charge in [0, 0.05) is 27.3 Å². The highest BCUT2D eigenvalue weighted by atomic mass is 35.5. The maximum Gasteiger partial charge on any atom is 0.251 e. The number of ether oxygens (including phenoxy) is 1. The van der Waals surface area contributed by atoms with Crippen LogP contribution in [0.15, 0.2) is 77.4 Å². The molecule has 4 atom stereocenters. The van der Waals surface area contributed by atoms with Gasteiger partial charge in [-0.2, -0.15) is 0 Å². The summed E-state index contributed by atoms with van der Waals surface area (Å²) in [6.45, 7) is 18.7. The zero-order valence-electron chi connectivity index (χ0n) is 35.0. The average molecular weight is 793 g/mol. The zero-order valence-corrected chi connectivity index (χ0v) is 35.7. The van der Waals surface area contributed by atoms with Gasteiger partial charge in [0.05, 0.1) is 13.2 Å². The molecule has 6 nitrogen and oxygen atoms in total. The molecule has 0 aliphatic carbocycles. The van der Waals surface area contributed by atoms with E-state index in [4.69, 9.17) is 21.7 Å². The minimum atomic E-state index is -1.78. The van der Waals surface area contributed by atoms with Gasteiger partial charge in [0.1, 0.15) is 5.82 Å². The van der Waals surface area contributed by atoms with Crippen molar-refractivity contribution in [2.45, 2.75) is 125 Å². The minimum absolute atomic E-state index is 0.00540. The first-order valence-corrected chi connectivity index (χ1v) is 20.1. The Balaban J connectivity index is 1.81. The summed E-state index contributed by atoms with van der Waals surface area (Å²) in [5.74, 6) is -1.09. The molecule has 9 heteroatoms.